The van der Waals surface area contributed by atoms with Gasteiger partial charge in [0, 0.05) is 31.3 Å². The summed E-state index contributed by atoms with van der Waals surface area (Å²) >= 11 is 0. The first-order valence-corrected chi connectivity index (χ1v) is 9.03. The Morgan fingerprint density at radius 3 is 2.74 bits per heavy atom. The largest absolute Gasteiger partial charge is 0.497 e. The lowest BCUT2D eigenvalue weighted by atomic mass is 9.98. The molecule has 3 aliphatic rings. The summed E-state index contributed by atoms with van der Waals surface area (Å²) < 4.78 is 11.2. The van der Waals surface area contributed by atoms with E-state index in [0.717, 1.165) is 24.8 Å². The van der Waals surface area contributed by atoms with Gasteiger partial charge in [0.2, 0.25) is 0 Å². The minimum Gasteiger partial charge on any atom is -0.497 e. The van der Waals surface area contributed by atoms with Crippen molar-refractivity contribution in [3.05, 3.63) is 29.8 Å². The summed E-state index contributed by atoms with van der Waals surface area (Å²) in [6.07, 6.45) is 5.40. The Morgan fingerprint density at radius 1 is 1.17 bits per heavy atom. The zero-order valence-corrected chi connectivity index (χ0v) is 14.2. The van der Waals surface area contributed by atoms with Gasteiger partial charge in [0.1, 0.15) is 5.75 Å². The van der Waals surface area contributed by atoms with E-state index in [1.54, 1.807) is 7.11 Å². The normalized spacial score (nSPS) is 34.9. The maximum atomic E-state index is 5.74. The van der Waals surface area contributed by atoms with Gasteiger partial charge in [-0.15, -0.1) is 0 Å². The van der Waals surface area contributed by atoms with Crippen molar-refractivity contribution in [2.75, 3.05) is 20.3 Å². The molecule has 0 spiro atoms. The minimum absolute atomic E-state index is 0.330. The smallest absolute Gasteiger partial charge is 0.119 e. The first-order chi connectivity index (χ1) is 11.3. The predicted molar refractivity (Wildman–Crippen MR) is 90.8 cm³/mol. The van der Waals surface area contributed by atoms with Crippen molar-refractivity contribution >= 4 is 0 Å². The van der Waals surface area contributed by atoms with Crippen molar-refractivity contribution in [3.8, 4) is 5.75 Å². The van der Waals surface area contributed by atoms with Crippen LogP contribution < -0.4 is 10.1 Å². The standard InChI is InChI=1S/C19H28N2O2/c1-13-17(9-11-23-13)20-18-8-10-21(15-6-7-15)19(18)14-4-3-5-16(12-14)22-2/h3-5,12-13,15,17-20H,6-11H2,1-2H3/t13-,17+,18-,19-/m1/s1. The van der Waals surface area contributed by atoms with E-state index in [2.05, 4.69) is 35.3 Å². The molecular formula is C19H28N2O2. The number of hydrogen-bond donors (Lipinski definition) is 1. The summed E-state index contributed by atoms with van der Waals surface area (Å²) in [5.41, 5.74) is 1.39. The lowest BCUT2D eigenvalue weighted by Gasteiger charge is -2.31. The van der Waals surface area contributed by atoms with Crippen molar-refractivity contribution < 1.29 is 9.47 Å². The van der Waals surface area contributed by atoms with Crippen LogP contribution in [0.25, 0.3) is 0 Å². The van der Waals surface area contributed by atoms with Gasteiger partial charge < -0.3 is 14.8 Å². The average Bonchev–Trinajstić information content (AvgIpc) is 3.22. The van der Waals surface area contributed by atoms with Gasteiger partial charge in [-0.25, -0.2) is 0 Å². The highest BCUT2D eigenvalue weighted by atomic mass is 16.5. The summed E-state index contributed by atoms with van der Waals surface area (Å²) in [5, 5.41) is 3.92. The van der Waals surface area contributed by atoms with E-state index in [-0.39, 0.29) is 0 Å². The molecule has 0 aromatic heterocycles. The number of ether oxygens (including phenoxy) is 2. The lowest BCUT2D eigenvalue weighted by molar-refractivity contribution is 0.108. The SMILES string of the molecule is COc1cccc([C@@H]2[C@H](N[C@H]3CCO[C@@H]3C)CCN2C2CC2)c1. The molecule has 4 rings (SSSR count). The van der Waals surface area contributed by atoms with E-state index < -0.39 is 0 Å². The van der Waals surface area contributed by atoms with Gasteiger partial charge in [-0.3, -0.25) is 4.90 Å². The molecule has 0 unspecified atom stereocenters. The molecule has 4 atom stereocenters. The molecule has 0 radical (unpaired) electrons. The van der Waals surface area contributed by atoms with Gasteiger partial charge >= 0.3 is 0 Å². The molecule has 3 fully saturated rings. The summed E-state index contributed by atoms with van der Waals surface area (Å²) in [7, 11) is 1.75. The fourth-order valence-electron chi connectivity index (χ4n) is 4.28. The topological polar surface area (TPSA) is 33.7 Å². The summed E-state index contributed by atoms with van der Waals surface area (Å²) in [4.78, 5) is 2.72. The van der Waals surface area contributed by atoms with Crippen LogP contribution in [-0.2, 0) is 4.74 Å². The molecular weight excluding hydrogens is 288 g/mol. The van der Waals surface area contributed by atoms with Crippen molar-refractivity contribution in [1.29, 1.82) is 0 Å². The number of likely N-dealkylation sites (tertiary alicyclic amines) is 1. The van der Waals surface area contributed by atoms with Crippen LogP contribution in [0.5, 0.6) is 5.75 Å². The van der Waals surface area contributed by atoms with Crippen LogP contribution in [0.2, 0.25) is 0 Å². The molecule has 2 saturated heterocycles. The number of benzene rings is 1. The zero-order chi connectivity index (χ0) is 15.8. The van der Waals surface area contributed by atoms with E-state index in [4.69, 9.17) is 9.47 Å². The molecule has 23 heavy (non-hydrogen) atoms. The van der Waals surface area contributed by atoms with Crippen LogP contribution >= 0.6 is 0 Å². The maximum Gasteiger partial charge on any atom is 0.119 e. The molecule has 1 saturated carbocycles. The fraction of sp³-hybridized carbons (Fsp3) is 0.684. The van der Waals surface area contributed by atoms with Crippen molar-refractivity contribution in [1.82, 2.24) is 10.2 Å². The van der Waals surface area contributed by atoms with Crippen LogP contribution in [0.1, 0.15) is 44.2 Å². The lowest BCUT2D eigenvalue weighted by Crippen LogP contribution is -2.45. The van der Waals surface area contributed by atoms with Crippen LogP contribution in [0.15, 0.2) is 24.3 Å². The summed E-state index contributed by atoms with van der Waals surface area (Å²) in [5.74, 6) is 0.960. The third-order valence-corrected chi connectivity index (χ3v) is 5.69. The number of nitrogens with zero attached hydrogens (tertiary/aromatic N) is 1. The molecule has 126 valence electrons. The summed E-state index contributed by atoms with van der Waals surface area (Å²) in [6.45, 7) is 4.28. The average molecular weight is 316 g/mol. The Kier molecular flexibility index (Phi) is 4.31. The molecule has 4 heteroatoms. The van der Waals surface area contributed by atoms with Gasteiger partial charge in [0.15, 0.2) is 0 Å². The van der Waals surface area contributed by atoms with Crippen molar-refractivity contribution in [3.63, 3.8) is 0 Å². The molecule has 4 nitrogen and oxygen atoms in total. The Morgan fingerprint density at radius 2 is 2.04 bits per heavy atom. The van der Waals surface area contributed by atoms with Gasteiger partial charge in [-0.2, -0.15) is 0 Å². The van der Waals surface area contributed by atoms with E-state index in [9.17, 15) is 0 Å². The highest BCUT2D eigenvalue weighted by Crippen LogP contribution is 2.42. The second-order valence-electron chi connectivity index (χ2n) is 7.22. The highest BCUT2D eigenvalue weighted by Gasteiger charge is 2.44. The van der Waals surface area contributed by atoms with E-state index in [1.165, 1.54) is 31.4 Å². The Labute approximate surface area is 139 Å². The molecule has 1 aromatic rings. The van der Waals surface area contributed by atoms with Gasteiger partial charge in [0.25, 0.3) is 0 Å². The van der Waals surface area contributed by atoms with Crippen molar-refractivity contribution in [2.24, 2.45) is 0 Å². The Balaban J connectivity index is 1.57. The van der Waals surface area contributed by atoms with E-state index >= 15 is 0 Å². The second kappa shape index (κ2) is 6.42. The van der Waals surface area contributed by atoms with Crippen LogP contribution in [-0.4, -0.2) is 49.4 Å². The van der Waals surface area contributed by atoms with E-state index in [0.29, 0.717) is 24.2 Å². The number of nitrogens with one attached hydrogen (secondary N) is 1. The quantitative estimate of drug-likeness (QED) is 0.906. The van der Waals surface area contributed by atoms with Gasteiger partial charge in [0.05, 0.1) is 19.3 Å². The monoisotopic (exact) mass is 316 g/mol. The van der Waals surface area contributed by atoms with Crippen LogP contribution in [0.4, 0.5) is 0 Å². The fourth-order valence-corrected chi connectivity index (χ4v) is 4.28. The molecule has 0 bridgehead atoms. The molecule has 1 aliphatic carbocycles. The summed E-state index contributed by atoms with van der Waals surface area (Å²) in [6, 6.07) is 10.9. The molecule has 2 heterocycles. The third kappa shape index (κ3) is 3.12. The predicted octanol–water partition coefficient (Wildman–Crippen LogP) is 2.74. The number of rotatable bonds is 5. The number of hydrogen-bond acceptors (Lipinski definition) is 4. The Bertz CT molecular complexity index is 546. The number of methoxy groups -OCH3 is 1. The molecule has 1 aromatic carbocycles. The minimum atomic E-state index is 0.330. The zero-order valence-electron chi connectivity index (χ0n) is 14.2. The van der Waals surface area contributed by atoms with Crippen LogP contribution in [0.3, 0.4) is 0 Å². The Hall–Kier alpha value is -1.10. The molecule has 0 amide bonds. The molecule has 2 aliphatic heterocycles. The highest BCUT2D eigenvalue weighted by molar-refractivity contribution is 5.32. The molecule has 1 N–H and O–H groups in total. The third-order valence-electron chi connectivity index (χ3n) is 5.69. The maximum absolute atomic E-state index is 5.74. The first kappa shape index (κ1) is 15.4. The van der Waals surface area contributed by atoms with Gasteiger partial charge in [-0.1, -0.05) is 12.1 Å². The van der Waals surface area contributed by atoms with Gasteiger partial charge in [-0.05, 0) is 50.3 Å². The van der Waals surface area contributed by atoms with Crippen LogP contribution in [0, 0.1) is 0 Å². The first-order valence-electron chi connectivity index (χ1n) is 9.03. The van der Waals surface area contributed by atoms with Crippen molar-refractivity contribution in [2.45, 2.75) is 62.9 Å². The second-order valence-corrected chi connectivity index (χ2v) is 7.22. The van der Waals surface area contributed by atoms with E-state index in [1.807, 2.05) is 6.07 Å².